The molecular formula is C17H15NO2S. The molecule has 0 amide bonds. The standard InChI is InChI=1S/C17H15NO2S/c1-3-20-17(19)15-11(2)21-16(18-15)14-9-8-12-6-4-5-7-13(12)10-14/h4-10H,3H2,1-2H3. The molecule has 4 heteroatoms. The Kier molecular flexibility index (Phi) is 3.71. The third-order valence-corrected chi connectivity index (χ3v) is 4.28. The summed E-state index contributed by atoms with van der Waals surface area (Å²) >= 11 is 1.52. The molecule has 0 N–H and O–H groups in total. The van der Waals surface area contributed by atoms with Crippen LogP contribution in [0.4, 0.5) is 0 Å². The van der Waals surface area contributed by atoms with Gasteiger partial charge in [-0.2, -0.15) is 0 Å². The molecule has 2 aromatic carbocycles. The summed E-state index contributed by atoms with van der Waals surface area (Å²) in [7, 11) is 0. The van der Waals surface area contributed by atoms with Crippen LogP contribution in [-0.2, 0) is 4.74 Å². The highest BCUT2D eigenvalue weighted by Crippen LogP contribution is 2.30. The quantitative estimate of drug-likeness (QED) is 0.670. The number of hydrogen-bond acceptors (Lipinski definition) is 4. The maximum absolute atomic E-state index is 11.8. The number of aromatic nitrogens is 1. The van der Waals surface area contributed by atoms with Crippen molar-refractivity contribution in [2.75, 3.05) is 6.61 Å². The van der Waals surface area contributed by atoms with Crippen molar-refractivity contribution in [1.29, 1.82) is 0 Å². The summed E-state index contributed by atoms with van der Waals surface area (Å²) in [5.74, 6) is -0.349. The van der Waals surface area contributed by atoms with Gasteiger partial charge in [0.05, 0.1) is 6.61 Å². The van der Waals surface area contributed by atoms with E-state index in [-0.39, 0.29) is 5.97 Å². The highest BCUT2D eigenvalue weighted by Gasteiger charge is 2.17. The predicted molar refractivity (Wildman–Crippen MR) is 85.7 cm³/mol. The lowest BCUT2D eigenvalue weighted by molar-refractivity contribution is 0.0519. The second-order valence-corrected chi connectivity index (χ2v) is 5.91. The Morgan fingerprint density at radius 2 is 1.95 bits per heavy atom. The molecule has 0 radical (unpaired) electrons. The molecule has 3 nitrogen and oxygen atoms in total. The minimum Gasteiger partial charge on any atom is -0.461 e. The Balaban J connectivity index is 2.02. The van der Waals surface area contributed by atoms with Gasteiger partial charge in [-0.1, -0.05) is 36.4 Å². The van der Waals surface area contributed by atoms with Crippen molar-refractivity contribution in [2.45, 2.75) is 13.8 Å². The Bertz CT molecular complexity index is 807. The summed E-state index contributed by atoms with van der Waals surface area (Å²) in [5.41, 5.74) is 1.45. The first-order chi connectivity index (χ1) is 10.2. The highest BCUT2D eigenvalue weighted by molar-refractivity contribution is 7.15. The van der Waals surface area contributed by atoms with Crippen molar-refractivity contribution < 1.29 is 9.53 Å². The topological polar surface area (TPSA) is 39.2 Å². The first-order valence-electron chi connectivity index (χ1n) is 6.82. The van der Waals surface area contributed by atoms with Crippen LogP contribution in [0.1, 0.15) is 22.3 Å². The summed E-state index contributed by atoms with van der Waals surface area (Å²) in [5, 5.41) is 3.21. The summed E-state index contributed by atoms with van der Waals surface area (Å²) in [6.07, 6.45) is 0. The van der Waals surface area contributed by atoms with Gasteiger partial charge in [0.15, 0.2) is 5.69 Å². The Hall–Kier alpha value is -2.20. The second-order valence-electron chi connectivity index (χ2n) is 4.71. The van der Waals surface area contributed by atoms with Crippen molar-refractivity contribution in [3.8, 4) is 10.6 Å². The highest BCUT2D eigenvalue weighted by atomic mass is 32.1. The minimum absolute atomic E-state index is 0.349. The Labute approximate surface area is 127 Å². The molecule has 0 saturated heterocycles. The van der Waals surface area contributed by atoms with E-state index in [1.807, 2.05) is 25.1 Å². The molecule has 1 heterocycles. The zero-order chi connectivity index (χ0) is 14.8. The number of ether oxygens (including phenoxy) is 1. The lowest BCUT2D eigenvalue weighted by Crippen LogP contribution is -2.06. The molecule has 0 bridgehead atoms. The smallest absolute Gasteiger partial charge is 0.358 e. The van der Waals surface area contributed by atoms with Crippen molar-refractivity contribution in [3.05, 3.63) is 53.0 Å². The maximum Gasteiger partial charge on any atom is 0.358 e. The molecule has 1 aromatic heterocycles. The molecule has 0 spiro atoms. The van der Waals surface area contributed by atoms with Crippen molar-refractivity contribution >= 4 is 28.1 Å². The predicted octanol–water partition coefficient (Wildman–Crippen LogP) is 4.45. The van der Waals surface area contributed by atoms with Crippen LogP contribution in [0.5, 0.6) is 0 Å². The molecule has 0 aliphatic heterocycles. The van der Waals surface area contributed by atoms with E-state index in [1.165, 1.54) is 22.1 Å². The van der Waals surface area contributed by atoms with E-state index in [1.54, 1.807) is 6.92 Å². The third kappa shape index (κ3) is 2.67. The SMILES string of the molecule is CCOC(=O)c1nc(-c2ccc3ccccc3c2)sc1C. The zero-order valence-corrected chi connectivity index (χ0v) is 12.7. The van der Waals surface area contributed by atoms with Gasteiger partial charge in [0.1, 0.15) is 5.01 Å². The van der Waals surface area contributed by atoms with Gasteiger partial charge in [-0.25, -0.2) is 9.78 Å². The lowest BCUT2D eigenvalue weighted by atomic mass is 10.1. The molecule has 3 aromatic rings. The molecule has 0 aliphatic rings. The average Bonchev–Trinajstić information content (AvgIpc) is 2.89. The van der Waals surface area contributed by atoms with Gasteiger partial charge in [0, 0.05) is 10.4 Å². The first kappa shape index (κ1) is 13.8. The normalized spacial score (nSPS) is 10.8. The summed E-state index contributed by atoms with van der Waals surface area (Å²) in [6, 6.07) is 14.4. The minimum atomic E-state index is -0.349. The third-order valence-electron chi connectivity index (χ3n) is 3.26. The molecule has 3 rings (SSSR count). The number of thiazole rings is 1. The number of nitrogens with zero attached hydrogens (tertiary/aromatic N) is 1. The van der Waals surface area contributed by atoms with Gasteiger partial charge >= 0.3 is 5.97 Å². The van der Waals surface area contributed by atoms with Gasteiger partial charge in [-0.15, -0.1) is 11.3 Å². The van der Waals surface area contributed by atoms with Crippen LogP contribution in [0.15, 0.2) is 42.5 Å². The average molecular weight is 297 g/mol. The number of rotatable bonds is 3. The van der Waals surface area contributed by atoms with Gasteiger partial charge in [-0.05, 0) is 30.7 Å². The Morgan fingerprint density at radius 3 is 2.71 bits per heavy atom. The molecule has 21 heavy (non-hydrogen) atoms. The first-order valence-corrected chi connectivity index (χ1v) is 7.64. The van der Waals surface area contributed by atoms with Crippen LogP contribution >= 0.6 is 11.3 Å². The fourth-order valence-corrected chi connectivity index (χ4v) is 3.13. The van der Waals surface area contributed by atoms with Crippen LogP contribution in [0.25, 0.3) is 21.3 Å². The summed E-state index contributed by atoms with van der Waals surface area (Å²) in [6.45, 7) is 4.05. The van der Waals surface area contributed by atoms with Crippen LogP contribution in [0, 0.1) is 6.92 Å². The fourth-order valence-electron chi connectivity index (χ4n) is 2.23. The zero-order valence-electron chi connectivity index (χ0n) is 11.9. The largest absolute Gasteiger partial charge is 0.461 e. The van der Waals surface area contributed by atoms with Gasteiger partial charge in [0.2, 0.25) is 0 Å². The van der Waals surface area contributed by atoms with Gasteiger partial charge < -0.3 is 4.74 Å². The van der Waals surface area contributed by atoms with Crippen LogP contribution in [0.2, 0.25) is 0 Å². The molecule has 0 fully saturated rings. The second kappa shape index (κ2) is 5.66. The van der Waals surface area contributed by atoms with Gasteiger partial charge in [-0.3, -0.25) is 0 Å². The number of carbonyl (C=O) groups excluding carboxylic acids is 1. The number of hydrogen-bond donors (Lipinski definition) is 0. The van der Waals surface area contributed by atoms with E-state index in [9.17, 15) is 4.79 Å². The van der Waals surface area contributed by atoms with E-state index >= 15 is 0 Å². The molecule has 0 unspecified atom stereocenters. The molecule has 0 atom stereocenters. The van der Waals surface area contributed by atoms with E-state index in [0.29, 0.717) is 12.3 Å². The van der Waals surface area contributed by atoms with Crippen molar-refractivity contribution in [2.24, 2.45) is 0 Å². The maximum atomic E-state index is 11.8. The van der Waals surface area contributed by atoms with E-state index < -0.39 is 0 Å². The number of benzene rings is 2. The van der Waals surface area contributed by atoms with E-state index in [4.69, 9.17) is 4.74 Å². The Morgan fingerprint density at radius 1 is 1.19 bits per heavy atom. The van der Waals surface area contributed by atoms with Crippen molar-refractivity contribution in [1.82, 2.24) is 4.98 Å². The van der Waals surface area contributed by atoms with Crippen LogP contribution in [0.3, 0.4) is 0 Å². The molecule has 106 valence electrons. The molecule has 0 aliphatic carbocycles. The van der Waals surface area contributed by atoms with Crippen LogP contribution < -0.4 is 0 Å². The molecule has 0 saturated carbocycles. The summed E-state index contributed by atoms with van der Waals surface area (Å²) < 4.78 is 5.03. The van der Waals surface area contributed by atoms with Crippen LogP contribution in [-0.4, -0.2) is 17.6 Å². The fraction of sp³-hybridized carbons (Fsp3) is 0.176. The van der Waals surface area contributed by atoms with E-state index in [0.717, 1.165) is 15.4 Å². The van der Waals surface area contributed by atoms with E-state index in [2.05, 4.69) is 29.2 Å². The summed E-state index contributed by atoms with van der Waals surface area (Å²) in [4.78, 5) is 17.2. The number of aryl methyl sites for hydroxylation is 1. The number of fused-ring (bicyclic) bond motifs is 1. The molecular weight excluding hydrogens is 282 g/mol. The van der Waals surface area contributed by atoms with Crippen molar-refractivity contribution in [3.63, 3.8) is 0 Å². The number of esters is 1. The lowest BCUT2D eigenvalue weighted by Gasteiger charge is -2.00. The monoisotopic (exact) mass is 297 g/mol. The number of carbonyl (C=O) groups is 1. The van der Waals surface area contributed by atoms with Gasteiger partial charge in [0.25, 0.3) is 0 Å².